The number of amides is 1. The van der Waals surface area contributed by atoms with Gasteiger partial charge >= 0.3 is 0 Å². The summed E-state index contributed by atoms with van der Waals surface area (Å²) in [7, 11) is 0. The van der Waals surface area contributed by atoms with Gasteiger partial charge in [0.1, 0.15) is 5.75 Å². The van der Waals surface area contributed by atoms with Gasteiger partial charge in [-0.25, -0.2) is 0 Å². The topological polar surface area (TPSA) is 64.3 Å². The average molecular weight is 292 g/mol. The third kappa shape index (κ3) is 5.29. The first-order valence-electron chi connectivity index (χ1n) is 7.66. The summed E-state index contributed by atoms with van der Waals surface area (Å²) in [6.45, 7) is 11.9. The van der Waals surface area contributed by atoms with Gasteiger partial charge < -0.3 is 15.8 Å². The molecule has 0 heterocycles. The first-order chi connectivity index (χ1) is 9.85. The summed E-state index contributed by atoms with van der Waals surface area (Å²) in [6, 6.07) is 5.14. The van der Waals surface area contributed by atoms with Crippen molar-refractivity contribution in [3.8, 4) is 5.75 Å². The molecular formula is C17H28N2O2. The van der Waals surface area contributed by atoms with Gasteiger partial charge in [0.15, 0.2) is 0 Å². The minimum absolute atomic E-state index is 0.102. The number of ether oxygens (including phenoxy) is 1. The van der Waals surface area contributed by atoms with Crippen molar-refractivity contribution in [1.29, 1.82) is 0 Å². The van der Waals surface area contributed by atoms with Crippen molar-refractivity contribution in [3.63, 3.8) is 0 Å². The first kappa shape index (κ1) is 17.3. The van der Waals surface area contributed by atoms with Crippen molar-refractivity contribution in [3.05, 3.63) is 23.8 Å². The number of hydrogen-bond donors (Lipinski definition) is 2. The highest BCUT2D eigenvalue weighted by Crippen LogP contribution is 2.21. The highest BCUT2D eigenvalue weighted by Gasteiger charge is 2.19. The number of nitrogens with two attached hydrogens (primary N) is 1. The van der Waals surface area contributed by atoms with Crippen LogP contribution in [0.15, 0.2) is 18.2 Å². The molecule has 0 aliphatic rings. The van der Waals surface area contributed by atoms with Crippen molar-refractivity contribution >= 4 is 11.6 Å². The summed E-state index contributed by atoms with van der Waals surface area (Å²) >= 11 is 0. The van der Waals surface area contributed by atoms with E-state index in [-0.39, 0.29) is 5.91 Å². The molecule has 0 saturated carbocycles. The van der Waals surface area contributed by atoms with Crippen LogP contribution in [-0.2, 0) is 0 Å². The van der Waals surface area contributed by atoms with Crippen molar-refractivity contribution in [2.45, 2.75) is 34.6 Å². The van der Waals surface area contributed by atoms with Gasteiger partial charge in [0.2, 0.25) is 0 Å². The Morgan fingerprint density at radius 3 is 2.33 bits per heavy atom. The summed E-state index contributed by atoms with van der Waals surface area (Å²) < 4.78 is 5.42. The van der Waals surface area contributed by atoms with Gasteiger partial charge in [-0.3, -0.25) is 4.79 Å². The van der Waals surface area contributed by atoms with Crippen LogP contribution in [-0.4, -0.2) is 19.1 Å². The van der Waals surface area contributed by atoms with Crippen LogP contribution in [0.3, 0.4) is 0 Å². The van der Waals surface area contributed by atoms with Crippen LogP contribution in [0.1, 0.15) is 45.0 Å². The molecule has 1 amide bonds. The van der Waals surface area contributed by atoms with Crippen molar-refractivity contribution in [2.75, 3.05) is 18.9 Å². The summed E-state index contributed by atoms with van der Waals surface area (Å²) in [5, 5.41) is 3.01. The van der Waals surface area contributed by atoms with E-state index in [1.165, 1.54) is 0 Å². The fourth-order valence-electron chi connectivity index (χ4n) is 2.56. The van der Waals surface area contributed by atoms with E-state index in [9.17, 15) is 4.79 Å². The minimum Gasteiger partial charge on any atom is -0.494 e. The van der Waals surface area contributed by atoms with Crippen LogP contribution in [0.4, 0.5) is 5.69 Å². The molecule has 4 nitrogen and oxygen atoms in total. The Bertz CT molecular complexity index is 462. The van der Waals surface area contributed by atoms with Crippen molar-refractivity contribution in [1.82, 2.24) is 5.32 Å². The SMILES string of the molecule is CCOc1cc(N)cc(C(=O)NCC(C(C)C)C(C)C)c1. The Morgan fingerprint density at radius 1 is 1.19 bits per heavy atom. The molecule has 1 aromatic rings. The molecule has 4 heteroatoms. The number of benzene rings is 1. The monoisotopic (exact) mass is 292 g/mol. The summed E-state index contributed by atoms with van der Waals surface area (Å²) in [5.74, 6) is 2.05. The molecular weight excluding hydrogens is 264 g/mol. The van der Waals surface area contributed by atoms with Gasteiger partial charge in [-0.2, -0.15) is 0 Å². The molecule has 0 fully saturated rings. The second-order valence-electron chi connectivity index (χ2n) is 6.09. The normalized spacial score (nSPS) is 11.2. The zero-order chi connectivity index (χ0) is 16.0. The molecule has 3 N–H and O–H groups in total. The Morgan fingerprint density at radius 2 is 1.81 bits per heavy atom. The second-order valence-corrected chi connectivity index (χ2v) is 6.09. The van der Waals surface area contributed by atoms with Crippen LogP contribution >= 0.6 is 0 Å². The number of carbonyl (C=O) groups is 1. The molecule has 21 heavy (non-hydrogen) atoms. The van der Waals surface area contributed by atoms with E-state index in [0.29, 0.717) is 47.9 Å². The molecule has 118 valence electrons. The molecule has 0 radical (unpaired) electrons. The molecule has 1 rings (SSSR count). The van der Waals surface area contributed by atoms with Gasteiger partial charge in [0.25, 0.3) is 5.91 Å². The lowest BCUT2D eigenvalue weighted by Crippen LogP contribution is -2.34. The Kier molecular flexibility index (Phi) is 6.53. The molecule has 0 aromatic heterocycles. The number of carbonyl (C=O) groups excluding carboxylic acids is 1. The maximum absolute atomic E-state index is 12.3. The summed E-state index contributed by atoms with van der Waals surface area (Å²) in [5.41, 5.74) is 6.90. The van der Waals surface area contributed by atoms with E-state index in [1.807, 2.05) is 6.92 Å². The van der Waals surface area contributed by atoms with Crippen LogP contribution < -0.4 is 15.8 Å². The maximum Gasteiger partial charge on any atom is 0.251 e. The number of anilines is 1. The highest BCUT2D eigenvalue weighted by atomic mass is 16.5. The smallest absolute Gasteiger partial charge is 0.251 e. The molecule has 0 spiro atoms. The number of hydrogen-bond acceptors (Lipinski definition) is 3. The fourth-order valence-corrected chi connectivity index (χ4v) is 2.56. The van der Waals surface area contributed by atoms with E-state index in [1.54, 1.807) is 18.2 Å². The van der Waals surface area contributed by atoms with Crippen molar-refractivity contribution in [2.24, 2.45) is 17.8 Å². The van der Waals surface area contributed by atoms with Gasteiger partial charge in [-0.05, 0) is 36.8 Å². The quantitative estimate of drug-likeness (QED) is 0.758. The Hall–Kier alpha value is -1.71. The molecule has 0 unspecified atom stereocenters. The maximum atomic E-state index is 12.3. The average Bonchev–Trinajstić information content (AvgIpc) is 2.37. The lowest BCUT2D eigenvalue weighted by atomic mass is 9.85. The number of nitrogen functional groups attached to an aromatic ring is 1. The number of rotatable bonds is 7. The van der Waals surface area contributed by atoms with Crippen LogP contribution in [0.25, 0.3) is 0 Å². The third-order valence-electron chi connectivity index (χ3n) is 3.71. The largest absolute Gasteiger partial charge is 0.494 e. The summed E-state index contributed by atoms with van der Waals surface area (Å²) in [4.78, 5) is 12.3. The van der Waals surface area contributed by atoms with E-state index < -0.39 is 0 Å². The fraction of sp³-hybridized carbons (Fsp3) is 0.588. The molecule has 0 aliphatic heterocycles. The number of nitrogens with one attached hydrogen (secondary N) is 1. The predicted octanol–water partition coefficient (Wildman–Crippen LogP) is 3.33. The van der Waals surface area contributed by atoms with Gasteiger partial charge in [0, 0.05) is 23.9 Å². The van der Waals surface area contributed by atoms with Gasteiger partial charge in [0.05, 0.1) is 6.61 Å². The first-order valence-corrected chi connectivity index (χ1v) is 7.66. The van der Waals surface area contributed by atoms with E-state index in [0.717, 1.165) is 0 Å². The molecule has 0 saturated heterocycles. The molecule has 0 atom stereocenters. The van der Waals surface area contributed by atoms with Crippen LogP contribution in [0, 0.1) is 17.8 Å². The standard InChI is InChI=1S/C17H28N2O2/c1-6-21-15-8-13(7-14(18)9-15)17(20)19-10-16(11(2)3)12(4)5/h7-9,11-12,16H,6,10,18H2,1-5H3,(H,19,20). The highest BCUT2D eigenvalue weighted by molar-refractivity contribution is 5.95. The Balaban J connectivity index is 2.75. The minimum atomic E-state index is -0.102. The predicted molar refractivity (Wildman–Crippen MR) is 87.5 cm³/mol. The summed E-state index contributed by atoms with van der Waals surface area (Å²) in [6.07, 6.45) is 0. The second kappa shape index (κ2) is 7.91. The zero-order valence-corrected chi connectivity index (χ0v) is 13.8. The van der Waals surface area contributed by atoms with Crippen molar-refractivity contribution < 1.29 is 9.53 Å². The van der Waals surface area contributed by atoms with E-state index >= 15 is 0 Å². The zero-order valence-electron chi connectivity index (χ0n) is 13.8. The van der Waals surface area contributed by atoms with Gasteiger partial charge in [-0.1, -0.05) is 27.7 Å². The Labute approximate surface area is 128 Å². The van der Waals surface area contributed by atoms with Crippen LogP contribution in [0.5, 0.6) is 5.75 Å². The third-order valence-corrected chi connectivity index (χ3v) is 3.71. The molecule has 0 bridgehead atoms. The molecule has 1 aromatic carbocycles. The lowest BCUT2D eigenvalue weighted by molar-refractivity contribution is 0.0936. The lowest BCUT2D eigenvalue weighted by Gasteiger charge is -2.25. The van der Waals surface area contributed by atoms with Gasteiger partial charge in [-0.15, -0.1) is 0 Å². The molecule has 0 aliphatic carbocycles. The van der Waals surface area contributed by atoms with E-state index in [2.05, 4.69) is 33.0 Å². The van der Waals surface area contributed by atoms with E-state index in [4.69, 9.17) is 10.5 Å². The van der Waals surface area contributed by atoms with Crippen LogP contribution in [0.2, 0.25) is 0 Å².